The summed E-state index contributed by atoms with van der Waals surface area (Å²) in [5.74, 6) is -2.87. The second kappa shape index (κ2) is 38.6. The van der Waals surface area contributed by atoms with Gasteiger partial charge in [-0.3, -0.25) is 61.8 Å². The van der Waals surface area contributed by atoms with Crippen LogP contribution >= 0.6 is 84.2 Å². The molecule has 45 heteroatoms. The molecule has 0 aliphatic rings. The number of carbonyl (C=O) groups is 6. The second-order valence-corrected chi connectivity index (χ2v) is 28.6. The largest absolute Gasteiger partial charge is 0.388 e. The van der Waals surface area contributed by atoms with Crippen molar-refractivity contribution in [2.75, 3.05) is 39.6 Å². The normalized spacial score (nSPS) is 11.0. The average molecular weight is 1690 g/mol. The van der Waals surface area contributed by atoms with Crippen molar-refractivity contribution in [2.45, 2.75) is 46.5 Å². The zero-order valence-electron chi connectivity index (χ0n) is 57.4. The Balaban J connectivity index is 0.000000181. The van der Waals surface area contributed by atoms with Gasteiger partial charge in [-0.2, -0.15) is 30.6 Å². The van der Waals surface area contributed by atoms with Crippen molar-refractivity contribution in [3.05, 3.63) is 147 Å². The van der Waals surface area contributed by atoms with E-state index in [9.17, 15) is 63.9 Å². The molecule has 0 unspecified atom stereocenters. The van der Waals surface area contributed by atoms with Crippen molar-refractivity contribution in [1.82, 2.24) is 88.6 Å². The van der Waals surface area contributed by atoms with Gasteiger partial charge in [-0.1, -0.05) is 17.7 Å². The van der Waals surface area contributed by atoms with Crippen molar-refractivity contribution >= 4 is 119 Å². The maximum Gasteiger partial charge on any atom is 0.282 e. The first kappa shape index (κ1) is 85.8. The molecule has 0 aliphatic carbocycles. The van der Waals surface area contributed by atoms with Crippen LogP contribution in [0.3, 0.4) is 0 Å². The number of Topliss-reactive ketones (excluding diaryl/α,β-unsaturated/α-hetero) is 6. The molecule has 6 N–H and O–H groups in total. The summed E-state index contributed by atoms with van der Waals surface area (Å²) in [6, 6.07) is 5.57. The first-order valence-corrected chi connectivity index (χ1v) is 35.8. The van der Waals surface area contributed by atoms with Crippen LogP contribution in [0.1, 0.15) is 128 Å². The Bertz CT molecular complexity index is 4920. The van der Waals surface area contributed by atoms with Crippen LogP contribution in [0.5, 0.6) is 0 Å². The fraction of sp³-hybridized carbons (Fsp3) is 0.302. The van der Waals surface area contributed by atoms with Crippen LogP contribution in [-0.2, 0) is 42.3 Å². The van der Waals surface area contributed by atoms with Crippen LogP contribution in [0.2, 0.25) is 4.34 Å². The molecule has 0 radical (unpaired) electrons. The lowest BCUT2D eigenvalue weighted by Gasteiger charge is -2.03. The number of aromatic nitrogens is 18. The number of aliphatic hydroxyl groups excluding tert-OH is 6. The molecule has 12 rings (SSSR count). The predicted molar refractivity (Wildman–Crippen MR) is 383 cm³/mol. The summed E-state index contributed by atoms with van der Waals surface area (Å²) in [4.78, 5) is 93.8. The van der Waals surface area contributed by atoms with Gasteiger partial charge in [-0.05, 0) is 48.8 Å². The van der Waals surface area contributed by atoms with Crippen LogP contribution in [0, 0.1) is 20.8 Å². The van der Waals surface area contributed by atoms with E-state index in [-0.39, 0.29) is 80.1 Å². The maximum atomic E-state index is 12.7. The Morgan fingerprint density at radius 2 is 0.722 bits per heavy atom. The number of thiazole rings is 5. The summed E-state index contributed by atoms with van der Waals surface area (Å²) < 4.78 is 109. The van der Waals surface area contributed by atoms with Gasteiger partial charge in [-0.25, -0.2) is 60.0 Å². The molecule has 0 saturated carbocycles. The van der Waals surface area contributed by atoms with Crippen LogP contribution in [0.25, 0.3) is 64.1 Å². The number of hydrogen-bond donors (Lipinski definition) is 6. The van der Waals surface area contributed by atoms with E-state index in [4.69, 9.17) is 42.2 Å². The van der Waals surface area contributed by atoms with E-state index >= 15 is 0 Å². The molecule has 0 amide bonds. The maximum absolute atomic E-state index is 12.7. The third-order valence-electron chi connectivity index (χ3n) is 14.4. The number of alkyl halides is 8. The SMILES string of the molecule is Cc1cccc(-c2cnn(C)c2C(=O)CO)n1.Cc1csc(-c2cnn(C)c2C(=O)CO)n1.Cc1sc(-c2cnn(C)c2C(=O)CO)nc1C(F)F.Cn1ncc(-c2nc(C(F)F)c(Br)s2)c1C(=O)CO.Cn1ncc(-c2nc(C(F)F)c(Cl)s2)c1C(=O)CO.Cn1ncc(-c2nc(C(F)F)cs2)c1C(=O)CO. The van der Waals surface area contributed by atoms with E-state index in [1.54, 1.807) is 40.5 Å². The Morgan fingerprint density at radius 1 is 0.398 bits per heavy atom. The molecule has 0 atom stereocenters. The molecular formula is C63H60BrClF8N18O12S5. The molecular weight excluding hydrogens is 1630 g/mol. The molecule has 0 saturated heterocycles. The van der Waals surface area contributed by atoms with Gasteiger partial charge in [0.15, 0.2) is 0 Å². The number of carbonyl (C=O) groups excluding carboxylic acids is 6. The smallest absolute Gasteiger partial charge is 0.282 e. The molecule has 0 spiro atoms. The molecule has 108 heavy (non-hydrogen) atoms. The number of ketones is 6. The summed E-state index contributed by atoms with van der Waals surface area (Å²) in [7, 11) is 9.46. The molecule has 30 nitrogen and oxygen atoms in total. The highest BCUT2D eigenvalue weighted by atomic mass is 79.9. The Kier molecular flexibility index (Phi) is 30.6. The van der Waals surface area contributed by atoms with Gasteiger partial charge in [0.2, 0.25) is 34.7 Å². The number of nitrogens with zero attached hydrogens (tertiary/aromatic N) is 18. The molecule has 0 fully saturated rings. The topological polar surface area (TPSA) is 408 Å². The molecule has 12 heterocycles. The summed E-state index contributed by atoms with van der Waals surface area (Å²) in [5, 5.41) is 82.0. The number of aryl methyl sites for hydroxylation is 9. The molecule has 12 aromatic heterocycles. The first-order chi connectivity index (χ1) is 51.2. The van der Waals surface area contributed by atoms with Crippen molar-refractivity contribution < 1.29 is 94.5 Å². The summed E-state index contributed by atoms with van der Waals surface area (Å²) in [6.45, 7) is 1.56. The van der Waals surface area contributed by atoms with Gasteiger partial charge in [0, 0.05) is 74.9 Å². The third-order valence-corrected chi connectivity index (χ3v) is 20.4. The number of aliphatic hydroxyl groups is 6. The van der Waals surface area contributed by atoms with Crippen molar-refractivity contribution in [3.8, 4) is 64.1 Å². The van der Waals surface area contributed by atoms with Crippen molar-refractivity contribution in [3.63, 3.8) is 0 Å². The number of rotatable bonds is 22. The van der Waals surface area contributed by atoms with E-state index in [2.05, 4.69) is 76.4 Å². The highest BCUT2D eigenvalue weighted by Gasteiger charge is 2.29. The standard InChI is InChI=1S/C12H13N3O2.C11H11F2N3O2S.C10H8BrF2N3O2S.C10H8ClF2N3O2S.C10H9F2N3O2S.C10H11N3O2S/c1-8-4-3-5-10(14-8)9-6-13-15(2)12(9)11(17)7-16;1-5-8(10(12)13)15-11(19-5)6-3-14-16(2)9(6)7(18)4-17;2*1-16-7(5(18)3-17)4(2-14-16)10-15-6(9(12)13)8(11)19-10;1-15-8(7(17)3-16)5(2-13-15)10-14-6(4-18-10)9(11)12;1-6-5-16-10(12-6)7-3-11-13(2)9(7)8(15)4-14/h3-6,16H,7H2,1-2H3;3,10,17H,4H2,1-2H3;2*2,9,17H,3H2,1H3;2,4,9,16H,3H2,1H3;3,5,14H,4H2,1-2H3. The minimum Gasteiger partial charge on any atom is -0.388 e. The van der Waals surface area contributed by atoms with E-state index in [0.29, 0.717) is 54.8 Å². The quantitative estimate of drug-likeness (QED) is 0.0271. The Labute approximate surface area is 638 Å². The Hall–Kier alpha value is -9.45. The summed E-state index contributed by atoms with van der Waals surface area (Å²) >= 11 is 14.1. The lowest BCUT2D eigenvalue weighted by atomic mass is 10.1. The van der Waals surface area contributed by atoms with Crippen molar-refractivity contribution in [1.29, 1.82) is 0 Å². The second-order valence-electron chi connectivity index (χ2n) is 21.7. The van der Waals surface area contributed by atoms with E-state index < -0.39 is 94.2 Å². The lowest BCUT2D eigenvalue weighted by Crippen LogP contribution is -2.12. The van der Waals surface area contributed by atoms with Gasteiger partial charge in [0.1, 0.15) is 126 Å². The predicted octanol–water partition coefficient (Wildman–Crippen LogP) is 10.3. The van der Waals surface area contributed by atoms with Gasteiger partial charge in [-0.15, -0.1) is 56.7 Å². The minimum absolute atomic E-state index is 0.105. The highest BCUT2D eigenvalue weighted by molar-refractivity contribution is 9.11. The zero-order valence-corrected chi connectivity index (χ0v) is 63.8. The fourth-order valence-electron chi connectivity index (χ4n) is 9.56. The third kappa shape index (κ3) is 20.3. The van der Waals surface area contributed by atoms with Crippen LogP contribution in [0.4, 0.5) is 35.1 Å². The van der Waals surface area contributed by atoms with Gasteiger partial charge >= 0.3 is 0 Å². The van der Waals surface area contributed by atoms with E-state index in [1.165, 1.54) is 90.7 Å². The first-order valence-electron chi connectivity index (χ1n) is 30.4. The number of halogens is 10. The van der Waals surface area contributed by atoms with Crippen LogP contribution in [-0.4, -0.2) is 194 Å². The monoisotopic (exact) mass is 1690 g/mol. The van der Waals surface area contributed by atoms with Gasteiger partial charge in [0.05, 0.1) is 74.5 Å². The average Bonchev–Trinajstić information content (AvgIpc) is 1.67. The highest BCUT2D eigenvalue weighted by Crippen LogP contribution is 2.40. The van der Waals surface area contributed by atoms with Gasteiger partial charge in [0.25, 0.3) is 25.7 Å². The van der Waals surface area contributed by atoms with Gasteiger partial charge < -0.3 is 30.6 Å². The number of hydrogen-bond acceptors (Lipinski definition) is 29. The lowest BCUT2D eigenvalue weighted by molar-refractivity contribution is 0.0889. The summed E-state index contributed by atoms with van der Waals surface area (Å²) in [5.41, 5.74) is 4.97. The Morgan fingerprint density at radius 3 is 1.04 bits per heavy atom. The molecule has 0 bridgehead atoms. The molecule has 0 aromatic carbocycles. The molecule has 0 aliphatic heterocycles. The van der Waals surface area contributed by atoms with E-state index in [0.717, 1.165) is 61.7 Å². The van der Waals surface area contributed by atoms with E-state index in [1.807, 2.05) is 37.4 Å². The number of pyridine rings is 1. The summed E-state index contributed by atoms with van der Waals surface area (Å²) in [6.07, 6.45) is -2.16. The van der Waals surface area contributed by atoms with Crippen molar-refractivity contribution in [2.24, 2.45) is 42.3 Å². The zero-order chi connectivity index (χ0) is 79.9. The minimum atomic E-state index is -2.79. The van der Waals surface area contributed by atoms with Crippen LogP contribution < -0.4 is 0 Å². The molecule has 574 valence electrons. The fourth-order valence-corrected chi connectivity index (χ4v) is 14.8. The van der Waals surface area contributed by atoms with Crippen LogP contribution in [0.15, 0.2) is 69.9 Å². The molecule has 12 aromatic rings.